The van der Waals surface area contributed by atoms with Crippen LogP contribution in [0.3, 0.4) is 0 Å². The molecule has 136 valence electrons. The highest BCUT2D eigenvalue weighted by Gasteiger charge is 2.43. The van der Waals surface area contributed by atoms with E-state index in [0.717, 1.165) is 24.2 Å². The summed E-state index contributed by atoms with van der Waals surface area (Å²) in [5.74, 6) is 0.861. The van der Waals surface area contributed by atoms with Crippen molar-refractivity contribution in [3.05, 3.63) is 36.6 Å². The Balaban J connectivity index is 2.50. The number of thioether (sulfide) groups is 1. The fraction of sp³-hybridized carbons (Fsp3) is 0.667. The van der Waals surface area contributed by atoms with Gasteiger partial charge in [0.05, 0.1) is 4.75 Å². The maximum absolute atomic E-state index is 12.3. The minimum Gasteiger partial charge on any atom is -0.492 e. The predicted molar refractivity (Wildman–Crippen MR) is 106 cm³/mol. The van der Waals surface area contributed by atoms with E-state index in [1.54, 1.807) is 12.2 Å². The molecule has 0 amide bonds. The highest BCUT2D eigenvalue weighted by atomic mass is 32.2. The second kappa shape index (κ2) is 11.6. The van der Waals surface area contributed by atoms with Gasteiger partial charge in [0.1, 0.15) is 12.4 Å². The molecule has 0 fully saturated rings. The SMILES string of the molecule is C=CCOC1=C(CC=C)C(=O)SC1(C)CCCCCCCCCC. The van der Waals surface area contributed by atoms with E-state index in [-0.39, 0.29) is 9.86 Å². The van der Waals surface area contributed by atoms with Gasteiger partial charge in [0.25, 0.3) is 0 Å². The van der Waals surface area contributed by atoms with E-state index in [2.05, 4.69) is 27.0 Å². The molecular formula is C21H34O2S. The number of carbonyl (C=O) groups is 1. The molecule has 0 bridgehead atoms. The summed E-state index contributed by atoms with van der Waals surface area (Å²) in [6.07, 6.45) is 15.5. The summed E-state index contributed by atoms with van der Waals surface area (Å²) in [6.45, 7) is 12.3. The smallest absolute Gasteiger partial charge is 0.220 e. The number of carbonyl (C=O) groups excluding carboxylic acids is 1. The number of unbranched alkanes of at least 4 members (excludes halogenated alkanes) is 7. The molecule has 24 heavy (non-hydrogen) atoms. The monoisotopic (exact) mass is 350 g/mol. The Bertz CT molecular complexity index is 453. The molecule has 0 aromatic rings. The van der Waals surface area contributed by atoms with Gasteiger partial charge >= 0.3 is 0 Å². The lowest BCUT2D eigenvalue weighted by Gasteiger charge is -2.26. The van der Waals surface area contributed by atoms with Crippen LogP contribution < -0.4 is 0 Å². The maximum atomic E-state index is 12.3. The van der Waals surface area contributed by atoms with E-state index in [1.807, 2.05) is 0 Å². The first-order valence-electron chi connectivity index (χ1n) is 9.40. The largest absolute Gasteiger partial charge is 0.492 e. The molecule has 0 aliphatic carbocycles. The van der Waals surface area contributed by atoms with Gasteiger partial charge in [-0.2, -0.15) is 0 Å². The van der Waals surface area contributed by atoms with Crippen molar-refractivity contribution in [2.24, 2.45) is 0 Å². The molecule has 0 aromatic carbocycles. The third kappa shape index (κ3) is 6.51. The average Bonchev–Trinajstić information content (AvgIpc) is 2.79. The van der Waals surface area contributed by atoms with Gasteiger partial charge in [-0.25, -0.2) is 0 Å². The summed E-state index contributed by atoms with van der Waals surface area (Å²) in [5, 5.41) is 0.149. The van der Waals surface area contributed by atoms with Crippen LogP contribution in [0, 0.1) is 0 Å². The fourth-order valence-corrected chi connectivity index (χ4v) is 4.42. The van der Waals surface area contributed by atoms with Crippen molar-refractivity contribution in [1.29, 1.82) is 0 Å². The van der Waals surface area contributed by atoms with Crippen molar-refractivity contribution in [3.63, 3.8) is 0 Å². The Morgan fingerprint density at radius 3 is 2.25 bits per heavy atom. The molecule has 0 saturated carbocycles. The summed E-state index contributed by atoms with van der Waals surface area (Å²) in [6, 6.07) is 0. The fourth-order valence-electron chi connectivity index (χ4n) is 3.19. The zero-order valence-corrected chi connectivity index (χ0v) is 16.4. The Hall–Kier alpha value is -0.960. The first-order chi connectivity index (χ1) is 11.6. The second-order valence-corrected chi connectivity index (χ2v) is 8.22. The minimum atomic E-state index is -0.222. The van der Waals surface area contributed by atoms with Crippen molar-refractivity contribution in [3.8, 4) is 0 Å². The molecule has 0 aromatic heterocycles. The number of hydrogen-bond donors (Lipinski definition) is 0. The summed E-state index contributed by atoms with van der Waals surface area (Å²) < 4.78 is 5.68. The molecule has 1 unspecified atom stereocenters. The number of rotatable bonds is 14. The predicted octanol–water partition coefficient (Wildman–Crippen LogP) is 6.58. The number of allylic oxidation sites excluding steroid dienone is 1. The van der Waals surface area contributed by atoms with Gasteiger partial charge in [-0.15, -0.1) is 6.58 Å². The van der Waals surface area contributed by atoms with Crippen LogP contribution in [0.25, 0.3) is 0 Å². The highest BCUT2D eigenvalue weighted by molar-refractivity contribution is 8.15. The van der Waals surface area contributed by atoms with Crippen LogP contribution in [0.2, 0.25) is 0 Å². The van der Waals surface area contributed by atoms with Crippen LogP contribution in [-0.4, -0.2) is 16.5 Å². The minimum absolute atomic E-state index is 0.149. The summed E-state index contributed by atoms with van der Waals surface area (Å²) >= 11 is 1.43. The third-order valence-electron chi connectivity index (χ3n) is 4.52. The third-order valence-corrected chi connectivity index (χ3v) is 5.79. The summed E-state index contributed by atoms with van der Waals surface area (Å²) in [5.41, 5.74) is 0.791. The summed E-state index contributed by atoms with van der Waals surface area (Å²) in [7, 11) is 0. The quantitative estimate of drug-likeness (QED) is 0.261. The van der Waals surface area contributed by atoms with Crippen LogP contribution in [0.1, 0.15) is 78.1 Å². The first-order valence-corrected chi connectivity index (χ1v) is 10.2. The maximum Gasteiger partial charge on any atom is 0.220 e. The highest BCUT2D eigenvalue weighted by Crippen LogP contribution is 2.48. The van der Waals surface area contributed by atoms with Gasteiger partial charge in [0.15, 0.2) is 0 Å². The Kier molecular flexibility index (Phi) is 10.2. The van der Waals surface area contributed by atoms with Gasteiger partial charge in [-0.3, -0.25) is 4.79 Å². The molecular weight excluding hydrogens is 316 g/mol. The molecule has 0 saturated heterocycles. The topological polar surface area (TPSA) is 26.3 Å². The molecule has 3 heteroatoms. The molecule has 1 aliphatic rings. The van der Waals surface area contributed by atoms with E-state index in [0.29, 0.717) is 13.0 Å². The van der Waals surface area contributed by atoms with Crippen LogP contribution in [0.15, 0.2) is 36.6 Å². The Morgan fingerprint density at radius 1 is 1.04 bits per heavy atom. The van der Waals surface area contributed by atoms with Crippen LogP contribution in [-0.2, 0) is 9.53 Å². The molecule has 1 atom stereocenters. The van der Waals surface area contributed by atoms with E-state index < -0.39 is 0 Å². The normalized spacial score (nSPS) is 20.5. The van der Waals surface area contributed by atoms with Crippen molar-refractivity contribution >= 4 is 16.9 Å². The lowest BCUT2D eigenvalue weighted by molar-refractivity contribution is -0.107. The lowest BCUT2D eigenvalue weighted by Crippen LogP contribution is -2.22. The van der Waals surface area contributed by atoms with Gasteiger partial charge in [0.2, 0.25) is 5.12 Å². The average molecular weight is 351 g/mol. The Morgan fingerprint density at radius 2 is 1.67 bits per heavy atom. The molecule has 1 aliphatic heterocycles. The van der Waals surface area contributed by atoms with E-state index >= 15 is 0 Å². The number of hydrogen-bond acceptors (Lipinski definition) is 3. The van der Waals surface area contributed by atoms with Crippen molar-refractivity contribution in [2.45, 2.75) is 82.8 Å². The van der Waals surface area contributed by atoms with E-state index in [4.69, 9.17) is 4.74 Å². The first kappa shape index (κ1) is 21.1. The van der Waals surface area contributed by atoms with Gasteiger partial charge in [0, 0.05) is 5.57 Å². The molecule has 1 heterocycles. The van der Waals surface area contributed by atoms with Gasteiger partial charge in [-0.05, 0) is 19.8 Å². The molecule has 1 rings (SSSR count). The molecule has 0 N–H and O–H groups in total. The van der Waals surface area contributed by atoms with Crippen molar-refractivity contribution < 1.29 is 9.53 Å². The molecule has 2 nitrogen and oxygen atoms in total. The zero-order chi connectivity index (χ0) is 17.8. The Labute approximate surface area is 152 Å². The number of ether oxygens (including phenoxy) is 1. The van der Waals surface area contributed by atoms with Crippen LogP contribution >= 0.6 is 11.8 Å². The van der Waals surface area contributed by atoms with Crippen molar-refractivity contribution in [2.75, 3.05) is 6.61 Å². The second-order valence-electron chi connectivity index (χ2n) is 6.75. The van der Waals surface area contributed by atoms with Gasteiger partial charge in [-0.1, -0.05) is 88.8 Å². The van der Waals surface area contributed by atoms with Crippen molar-refractivity contribution in [1.82, 2.24) is 0 Å². The van der Waals surface area contributed by atoms with E-state index in [9.17, 15) is 4.79 Å². The summed E-state index contributed by atoms with van der Waals surface area (Å²) in [4.78, 5) is 12.3. The van der Waals surface area contributed by atoms with E-state index in [1.165, 1.54) is 56.7 Å². The zero-order valence-electron chi connectivity index (χ0n) is 15.6. The molecule has 0 spiro atoms. The molecule has 0 radical (unpaired) electrons. The van der Waals surface area contributed by atoms with Crippen LogP contribution in [0.4, 0.5) is 0 Å². The van der Waals surface area contributed by atoms with Crippen LogP contribution in [0.5, 0.6) is 0 Å². The standard InChI is InChI=1S/C21H34O2S/c1-5-8-9-10-11-12-13-14-16-21(4)19(23-17-7-3)18(15-6-2)20(22)24-21/h6-7H,2-3,5,8-17H2,1,4H3. The van der Waals surface area contributed by atoms with Gasteiger partial charge < -0.3 is 4.74 Å². The lowest BCUT2D eigenvalue weighted by atomic mass is 9.95.